The third kappa shape index (κ3) is 6.56. The molecule has 0 aliphatic carbocycles. The second-order valence-electron chi connectivity index (χ2n) is 3.66. The van der Waals surface area contributed by atoms with Crippen molar-refractivity contribution in [2.45, 2.75) is 13.0 Å². The van der Waals surface area contributed by atoms with E-state index in [1.807, 2.05) is 36.0 Å². The van der Waals surface area contributed by atoms with Crippen LogP contribution in [0.5, 0.6) is 5.75 Å². The molecule has 0 radical (unpaired) electrons. The molecule has 0 amide bonds. The summed E-state index contributed by atoms with van der Waals surface area (Å²) in [6, 6.07) is 7.94. The van der Waals surface area contributed by atoms with Crippen molar-refractivity contribution >= 4 is 11.8 Å². The Morgan fingerprint density at radius 2 is 2.12 bits per heavy atom. The number of thioether (sulfide) groups is 1. The highest BCUT2D eigenvalue weighted by atomic mass is 32.2. The van der Waals surface area contributed by atoms with Crippen molar-refractivity contribution in [1.82, 2.24) is 0 Å². The average Bonchev–Trinajstić information content (AvgIpc) is 2.38. The number of rotatable bonds is 9. The Kier molecular flexibility index (Phi) is 7.88. The van der Waals surface area contributed by atoms with Gasteiger partial charge in [-0.2, -0.15) is 11.8 Å². The Balaban J connectivity index is 2.09. The molecule has 1 aromatic carbocycles. The van der Waals surface area contributed by atoms with Crippen LogP contribution in [0.15, 0.2) is 24.3 Å². The molecule has 1 rings (SSSR count). The van der Waals surface area contributed by atoms with Crippen LogP contribution in [0, 0.1) is 0 Å². The van der Waals surface area contributed by atoms with Crippen LogP contribution in [0.4, 0.5) is 0 Å². The molecule has 0 spiro atoms. The quantitative estimate of drug-likeness (QED) is 0.688. The standard InChI is InChI=1S/C13H21NO2S/c1-15-6-3-8-17-9-7-16-13-5-2-4-12(10-13)11-14/h2,4-5,10H,3,6-9,11,14H2,1H3. The molecular weight excluding hydrogens is 234 g/mol. The van der Waals surface area contributed by atoms with E-state index in [1.54, 1.807) is 7.11 Å². The van der Waals surface area contributed by atoms with Crippen molar-refractivity contribution in [2.24, 2.45) is 5.73 Å². The van der Waals surface area contributed by atoms with Gasteiger partial charge in [-0.1, -0.05) is 12.1 Å². The van der Waals surface area contributed by atoms with Gasteiger partial charge in [0.15, 0.2) is 0 Å². The summed E-state index contributed by atoms with van der Waals surface area (Å²) in [5, 5.41) is 0. The number of benzene rings is 1. The van der Waals surface area contributed by atoms with Gasteiger partial charge in [0.1, 0.15) is 5.75 Å². The van der Waals surface area contributed by atoms with Gasteiger partial charge in [0.2, 0.25) is 0 Å². The summed E-state index contributed by atoms with van der Waals surface area (Å²) >= 11 is 1.89. The van der Waals surface area contributed by atoms with E-state index in [1.165, 1.54) is 0 Å². The Hall–Kier alpha value is -0.710. The summed E-state index contributed by atoms with van der Waals surface area (Å²) in [4.78, 5) is 0. The predicted octanol–water partition coefficient (Wildman–Crippen LogP) is 2.29. The summed E-state index contributed by atoms with van der Waals surface area (Å²) in [5.41, 5.74) is 6.68. The van der Waals surface area contributed by atoms with Crippen molar-refractivity contribution < 1.29 is 9.47 Å². The van der Waals surface area contributed by atoms with E-state index in [2.05, 4.69) is 0 Å². The average molecular weight is 255 g/mol. The zero-order chi connectivity index (χ0) is 12.3. The first kappa shape index (κ1) is 14.4. The SMILES string of the molecule is COCCCSCCOc1cccc(CN)c1. The molecule has 0 unspecified atom stereocenters. The first-order valence-electron chi connectivity index (χ1n) is 5.85. The van der Waals surface area contributed by atoms with Crippen molar-refractivity contribution in [1.29, 1.82) is 0 Å². The molecule has 2 N–H and O–H groups in total. The van der Waals surface area contributed by atoms with E-state index in [4.69, 9.17) is 15.2 Å². The lowest BCUT2D eigenvalue weighted by Crippen LogP contribution is -2.02. The zero-order valence-electron chi connectivity index (χ0n) is 10.4. The molecule has 4 heteroatoms. The number of hydrogen-bond donors (Lipinski definition) is 1. The van der Waals surface area contributed by atoms with Crippen molar-refractivity contribution in [3.8, 4) is 5.75 Å². The molecule has 0 bridgehead atoms. The third-order valence-electron chi connectivity index (χ3n) is 2.27. The van der Waals surface area contributed by atoms with Crippen LogP contribution >= 0.6 is 11.8 Å². The predicted molar refractivity (Wildman–Crippen MR) is 73.6 cm³/mol. The van der Waals surface area contributed by atoms with Gasteiger partial charge in [0, 0.05) is 26.0 Å². The van der Waals surface area contributed by atoms with Gasteiger partial charge < -0.3 is 15.2 Å². The van der Waals surface area contributed by atoms with Crippen molar-refractivity contribution in [3.05, 3.63) is 29.8 Å². The summed E-state index contributed by atoms with van der Waals surface area (Å²) in [6.07, 6.45) is 1.10. The Labute approximate surface area is 108 Å². The second-order valence-corrected chi connectivity index (χ2v) is 4.88. The van der Waals surface area contributed by atoms with Crippen LogP contribution in [0.1, 0.15) is 12.0 Å². The number of ether oxygens (including phenoxy) is 2. The molecule has 0 saturated carbocycles. The maximum Gasteiger partial charge on any atom is 0.119 e. The van der Waals surface area contributed by atoms with Crippen molar-refractivity contribution in [2.75, 3.05) is 31.8 Å². The monoisotopic (exact) mass is 255 g/mol. The van der Waals surface area contributed by atoms with Crippen LogP contribution in [-0.2, 0) is 11.3 Å². The maximum absolute atomic E-state index is 5.65. The Bertz CT molecular complexity index is 307. The fraction of sp³-hybridized carbons (Fsp3) is 0.538. The maximum atomic E-state index is 5.65. The largest absolute Gasteiger partial charge is 0.493 e. The minimum Gasteiger partial charge on any atom is -0.493 e. The molecule has 17 heavy (non-hydrogen) atoms. The summed E-state index contributed by atoms with van der Waals surface area (Å²) in [7, 11) is 1.73. The van der Waals surface area contributed by atoms with E-state index < -0.39 is 0 Å². The fourth-order valence-corrected chi connectivity index (χ4v) is 2.12. The second kappa shape index (κ2) is 9.33. The molecule has 0 fully saturated rings. The van der Waals surface area contributed by atoms with E-state index in [9.17, 15) is 0 Å². The molecule has 0 aromatic heterocycles. The van der Waals surface area contributed by atoms with Gasteiger partial charge in [0.25, 0.3) is 0 Å². The normalized spacial score (nSPS) is 10.5. The molecular formula is C13H21NO2S. The Morgan fingerprint density at radius 3 is 2.88 bits per heavy atom. The molecule has 1 aromatic rings. The lowest BCUT2D eigenvalue weighted by Gasteiger charge is -2.07. The van der Waals surface area contributed by atoms with Crippen LogP contribution in [0.25, 0.3) is 0 Å². The highest BCUT2D eigenvalue weighted by Gasteiger charge is 1.96. The van der Waals surface area contributed by atoms with Gasteiger partial charge in [-0.15, -0.1) is 0 Å². The van der Waals surface area contributed by atoms with Crippen LogP contribution in [0.3, 0.4) is 0 Å². The van der Waals surface area contributed by atoms with Gasteiger partial charge in [0.05, 0.1) is 6.61 Å². The number of methoxy groups -OCH3 is 1. The van der Waals surface area contributed by atoms with Gasteiger partial charge in [-0.05, 0) is 29.9 Å². The molecule has 0 heterocycles. The molecule has 96 valence electrons. The highest BCUT2D eigenvalue weighted by Crippen LogP contribution is 2.13. The van der Waals surface area contributed by atoms with Crippen LogP contribution in [-0.4, -0.2) is 31.8 Å². The molecule has 3 nitrogen and oxygen atoms in total. The lowest BCUT2D eigenvalue weighted by molar-refractivity contribution is 0.200. The topological polar surface area (TPSA) is 44.5 Å². The van der Waals surface area contributed by atoms with Gasteiger partial charge >= 0.3 is 0 Å². The summed E-state index contributed by atoms with van der Waals surface area (Å²) in [6.45, 7) is 2.14. The fourth-order valence-electron chi connectivity index (χ4n) is 1.39. The summed E-state index contributed by atoms with van der Waals surface area (Å²) in [5.74, 6) is 3.04. The third-order valence-corrected chi connectivity index (χ3v) is 3.30. The zero-order valence-corrected chi connectivity index (χ0v) is 11.2. The van der Waals surface area contributed by atoms with Crippen LogP contribution in [0.2, 0.25) is 0 Å². The van der Waals surface area contributed by atoms with E-state index >= 15 is 0 Å². The lowest BCUT2D eigenvalue weighted by atomic mass is 10.2. The molecule has 0 aliphatic rings. The molecule has 0 atom stereocenters. The Morgan fingerprint density at radius 1 is 1.24 bits per heavy atom. The first-order valence-corrected chi connectivity index (χ1v) is 7.00. The van der Waals surface area contributed by atoms with Gasteiger partial charge in [-0.25, -0.2) is 0 Å². The van der Waals surface area contributed by atoms with E-state index in [-0.39, 0.29) is 0 Å². The summed E-state index contributed by atoms with van der Waals surface area (Å²) < 4.78 is 10.6. The highest BCUT2D eigenvalue weighted by molar-refractivity contribution is 7.99. The smallest absolute Gasteiger partial charge is 0.119 e. The van der Waals surface area contributed by atoms with Gasteiger partial charge in [-0.3, -0.25) is 0 Å². The number of hydrogen-bond acceptors (Lipinski definition) is 4. The van der Waals surface area contributed by atoms with Crippen molar-refractivity contribution in [3.63, 3.8) is 0 Å². The minimum absolute atomic E-state index is 0.558. The molecule has 0 saturated heterocycles. The van der Waals surface area contributed by atoms with E-state index in [0.29, 0.717) is 6.54 Å². The number of nitrogens with two attached hydrogens (primary N) is 1. The minimum atomic E-state index is 0.558. The first-order chi connectivity index (χ1) is 8.36. The molecule has 0 aliphatic heterocycles. The van der Waals surface area contributed by atoms with Crippen LogP contribution < -0.4 is 10.5 Å². The van der Waals surface area contributed by atoms with E-state index in [0.717, 1.165) is 42.5 Å².